The first kappa shape index (κ1) is 27.9. The van der Waals surface area contributed by atoms with Crippen LogP contribution in [0.2, 0.25) is 0 Å². The fraction of sp³-hybridized carbons (Fsp3) is 0.680. The normalized spacial score (nSPS) is 20.6. The van der Waals surface area contributed by atoms with Gasteiger partial charge in [0.25, 0.3) is 5.91 Å². The minimum absolute atomic E-state index is 0. The van der Waals surface area contributed by atoms with Gasteiger partial charge in [0, 0.05) is 44.9 Å². The van der Waals surface area contributed by atoms with E-state index in [1.54, 1.807) is 0 Å². The van der Waals surface area contributed by atoms with Gasteiger partial charge in [0.05, 0.1) is 18.8 Å². The Morgan fingerprint density at radius 1 is 1.21 bits per heavy atom. The summed E-state index contributed by atoms with van der Waals surface area (Å²) in [5.74, 6) is 0.896. The molecule has 2 fully saturated rings. The zero-order valence-corrected chi connectivity index (χ0v) is 22.7. The number of amides is 1. The maximum Gasteiger partial charge on any atom is 0.251 e. The van der Waals surface area contributed by atoms with Gasteiger partial charge in [-0.1, -0.05) is 19.1 Å². The molecule has 0 spiro atoms. The standard InChI is InChI=1S/C25H40N4O3.HI/c1-4-19(2)28-24(30)21-10-8-20(9-11-21)17-27-25(26-3)29-14-12-22(13-15-29)32-18-23-7-5-6-16-31-23;/h8-11,19,22-23H,4-7,12-18H2,1-3H3,(H,26,27)(H,28,30);1H. The van der Waals surface area contributed by atoms with Crippen LogP contribution < -0.4 is 10.6 Å². The van der Waals surface area contributed by atoms with Gasteiger partial charge in [0.1, 0.15) is 0 Å². The van der Waals surface area contributed by atoms with Crippen molar-refractivity contribution < 1.29 is 14.3 Å². The van der Waals surface area contributed by atoms with Crippen LogP contribution >= 0.6 is 24.0 Å². The van der Waals surface area contributed by atoms with E-state index >= 15 is 0 Å². The zero-order chi connectivity index (χ0) is 22.8. The third-order valence-electron chi connectivity index (χ3n) is 6.40. The largest absolute Gasteiger partial charge is 0.376 e. The molecule has 8 heteroatoms. The second kappa shape index (κ2) is 14.8. The van der Waals surface area contributed by atoms with Crippen LogP contribution in [0.15, 0.2) is 29.3 Å². The average Bonchev–Trinajstić information content (AvgIpc) is 2.84. The number of carbonyl (C=O) groups is 1. The van der Waals surface area contributed by atoms with Crippen molar-refractivity contribution in [3.05, 3.63) is 35.4 Å². The van der Waals surface area contributed by atoms with Gasteiger partial charge in [0.15, 0.2) is 5.96 Å². The van der Waals surface area contributed by atoms with E-state index in [4.69, 9.17) is 9.47 Å². The molecule has 2 unspecified atom stereocenters. The summed E-state index contributed by atoms with van der Waals surface area (Å²) in [6, 6.07) is 7.95. The molecule has 2 atom stereocenters. The summed E-state index contributed by atoms with van der Waals surface area (Å²) < 4.78 is 11.9. The van der Waals surface area contributed by atoms with E-state index in [2.05, 4.69) is 27.4 Å². The molecule has 1 aromatic rings. The lowest BCUT2D eigenvalue weighted by Crippen LogP contribution is -2.47. The Hall–Kier alpha value is -1.39. The Morgan fingerprint density at radius 3 is 2.55 bits per heavy atom. The minimum Gasteiger partial charge on any atom is -0.376 e. The van der Waals surface area contributed by atoms with Crippen molar-refractivity contribution in [2.24, 2.45) is 4.99 Å². The Morgan fingerprint density at radius 2 is 1.94 bits per heavy atom. The van der Waals surface area contributed by atoms with Crippen LogP contribution in [0, 0.1) is 0 Å². The van der Waals surface area contributed by atoms with Crippen LogP contribution in [0.4, 0.5) is 0 Å². The number of halogens is 1. The highest BCUT2D eigenvalue weighted by Gasteiger charge is 2.23. The molecular formula is C25H41IN4O3. The monoisotopic (exact) mass is 572 g/mol. The predicted octanol–water partition coefficient (Wildman–Crippen LogP) is 3.96. The van der Waals surface area contributed by atoms with Gasteiger partial charge in [-0.2, -0.15) is 0 Å². The lowest BCUT2D eigenvalue weighted by molar-refractivity contribution is -0.0721. The lowest BCUT2D eigenvalue weighted by atomic mass is 10.1. The highest BCUT2D eigenvalue weighted by molar-refractivity contribution is 14.0. The molecule has 2 N–H and O–H groups in total. The number of piperidine rings is 1. The molecule has 0 radical (unpaired) electrons. The fourth-order valence-corrected chi connectivity index (χ4v) is 4.11. The zero-order valence-electron chi connectivity index (χ0n) is 20.3. The van der Waals surface area contributed by atoms with Crippen LogP contribution in [0.3, 0.4) is 0 Å². The van der Waals surface area contributed by atoms with E-state index in [0.29, 0.717) is 18.2 Å². The molecule has 186 valence electrons. The fourth-order valence-electron chi connectivity index (χ4n) is 4.11. The van der Waals surface area contributed by atoms with E-state index in [9.17, 15) is 4.79 Å². The molecular weight excluding hydrogens is 531 g/mol. The smallest absolute Gasteiger partial charge is 0.251 e. The van der Waals surface area contributed by atoms with Crippen molar-refractivity contribution >= 4 is 35.8 Å². The average molecular weight is 573 g/mol. The molecule has 3 rings (SSSR count). The maximum atomic E-state index is 12.2. The number of likely N-dealkylation sites (tertiary alicyclic amines) is 1. The number of nitrogens with one attached hydrogen (secondary N) is 2. The Balaban J connectivity index is 0.00000385. The second-order valence-electron chi connectivity index (χ2n) is 8.89. The van der Waals surface area contributed by atoms with Gasteiger partial charge in [-0.05, 0) is 63.1 Å². The number of guanidine groups is 1. The van der Waals surface area contributed by atoms with E-state index in [1.165, 1.54) is 12.8 Å². The number of aliphatic imine (C=N–C) groups is 1. The van der Waals surface area contributed by atoms with Gasteiger partial charge >= 0.3 is 0 Å². The number of carbonyl (C=O) groups excluding carboxylic acids is 1. The Kier molecular flexibility index (Phi) is 12.5. The highest BCUT2D eigenvalue weighted by atomic mass is 127. The van der Waals surface area contributed by atoms with Crippen LogP contribution in [0.25, 0.3) is 0 Å². The van der Waals surface area contributed by atoms with Crippen molar-refractivity contribution in [3.8, 4) is 0 Å². The van der Waals surface area contributed by atoms with E-state index in [0.717, 1.165) is 63.5 Å². The van der Waals surface area contributed by atoms with Crippen molar-refractivity contribution in [1.29, 1.82) is 0 Å². The molecule has 0 saturated carbocycles. The Labute approximate surface area is 216 Å². The maximum absolute atomic E-state index is 12.2. The molecule has 2 heterocycles. The third kappa shape index (κ3) is 9.05. The molecule has 2 saturated heterocycles. The Bertz CT molecular complexity index is 730. The lowest BCUT2D eigenvalue weighted by Gasteiger charge is -2.35. The number of rotatable bonds is 8. The molecule has 2 aliphatic rings. The second-order valence-corrected chi connectivity index (χ2v) is 8.89. The summed E-state index contributed by atoms with van der Waals surface area (Å²) in [5, 5.41) is 6.46. The van der Waals surface area contributed by atoms with Gasteiger partial charge in [0.2, 0.25) is 0 Å². The number of ether oxygens (including phenoxy) is 2. The predicted molar refractivity (Wildman–Crippen MR) is 143 cm³/mol. The van der Waals surface area contributed by atoms with E-state index in [1.807, 2.05) is 38.2 Å². The molecule has 1 amide bonds. The van der Waals surface area contributed by atoms with Crippen LogP contribution in [-0.4, -0.2) is 68.4 Å². The first-order valence-corrected chi connectivity index (χ1v) is 12.2. The summed E-state index contributed by atoms with van der Waals surface area (Å²) in [4.78, 5) is 19.0. The molecule has 7 nitrogen and oxygen atoms in total. The van der Waals surface area contributed by atoms with Gasteiger partial charge in [-0.25, -0.2) is 0 Å². The summed E-state index contributed by atoms with van der Waals surface area (Å²) in [6.07, 6.45) is 7.08. The molecule has 0 bridgehead atoms. The number of nitrogens with zero attached hydrogens (tertiary/aromatic N) is 2. The summed E-state index contributed by atoms with van der Waals surface area (Å²) in [5.41, 5.74) is 1.82. The van der Waals surface area contributed by atoms with E-state index < -0.39 is 0 Å². The molecule has 0 aliphatic carbocycles. The van der Waals surface area contributed by atoms with Crippen molar-refractivity contribution in [2.75, 3.05) is 33.4 Å². The minimum atomic E-state index is -0.0187. The highest BCUT2D eigenvalue weighted by Crippen LogP contribution is 2.18. The number of benzene rings is 1. The summed E-state index contributed by atoms with van der Waals surface area (Å²) in [6.45, 7) is 8.23. The summed E-state index contributed by atoms with van der Waals surface area (Å²) in [7, 11) is 1.83. The van der Waals surface area contributed by atoms with Crippen LogP contribution in [0.5, 0.6) is 0 Å². The van der Waals surface area contributed by atoms with E-state index in [-0.39, 0.29) is 42.0 Å². The van der Waals surface area contributed by atoms with Gasteiger partial charge in [-0.15, -0.1) is 24.0 Å². The third-order valence-corrected chi connectivity index (χ3v) is 6.40. The molecule has 2 aliphatic heterocycles. The summed E-state index contributed by atoms with van der Waals surface area (Å²) >= 11 is 0. The number of hydrogen-bond acceptors (Lipinski definition) is 4. The molecule has 1 aromatic carbocycles. The molecule has 0 aromatic heterocycles. The van der Waals surface area contributed by atoms with Gasteiger partial charge < -0.3 is 25.0 Å². The topological polar surface area (TPSA) is 75.2 Å². The van der Waals surface area contributed by atoms with Crippen molar-refractivity contribution in [1.82, 2.24) is 15.5 Å². The van der Waals surface area contributed by atoms with Crippen molar-refractivity contribution in [3.63, 3.8) is 0 Å². The van der Waals surface area contributed by atoms with Crippen LogP contribution in [0.1, 0.15) is 68.3 Å². The van der Waals surface area contributed by atoms with Gasteiger partial charge in [-0.3, -0.25) is 9.79 Å². The first-order valence-electron chi connectivity index (χ1n) is 12.2. The van der Waals surface area contributed by atoms with Crippen LogP contribution in [-0.2, 0) is 16.0 Å². The SMILES string of the molecule is CCC(C)NC(=O)c1ccc(CNC(=NC)N2CCC(OCC3CCCCO3)CC2)cc1.I. The number of hydrogen-bond donors (Lipinski definition) is 2. The van der Waals surface area contributed by atoms with Crippen molar-refractivity contribution in [2.45, 2.75) is 77.2 Å². The molecule has 33 heavy (non-hydrogen) atoms. The first-order chi connectivity index (χ1) is 15.6. The quantitative estimate of drug-likeness (QED) is 0.280.